The smallest absolute Gasteiger partial charge is 0.172 e. The predicted octanol–water partition coefficient (Wildman–Crippen LogP) is 1.99. The second-order valence-corrected chi connectivity index (χ2v) is 2.96. The van der Waals surface area contributed by atoms with Gasteiger partial charge in [-0.2, -0.15) is 0 Å². The molecule has 1 N–H and O–H groups in total. The Bertz CT molecular complexity index is 375. The van der Waals surface area contributed by atoms with E-state index in [-0.39, 0.29) is 0 Å². The minimum absolute atomic E-state index is 0.403. The molecular weight excluding hydrogens is 193 g/mol. The number of nitrogens with one attached hydrogen (secondary N) is 1. The fourth-order valence-corrected chi connectivity index (χ4v) is 0.968. The molecule has 0 saturated carbocycles. The summed E-state index contributed by atoms with van der Waals surface area (Å²) in [6.07, 6.45) is 0. The van der Waals surface area contributed by atoms with E-state index in [0.717, 1.165) is 6.07 Å². The molecule has 0 aliphatic carbocycles. The van der Waals surface area contributed by atoms with Crippen LogP contribution < -0.4 is 0 Å². The number of benzene rings is 1. The van der Waals surface area contributed by atoms with Gasteiger partial charge in [-0.15, -0.1) is 0 Å². The van der Waals surface area contributed by atoms with Crippen LogP contribution >= 0.6 is 0 Å². The van der Waals surface area contributed by atoms with E-state index in [9.17, 15) is 13.2 Å². The lowest BCUT2D eigenvalue weighted by Gasteiger charge is -2.14. The van der Waals surface area contributed by atoms with Crippen LogP contribution in [0, 0.1) is 22.9 Å². The van der Waals surface area contributed by atoms with E-state index in [1.165, 1.54) is 19.0 Å². The summed E-state index contributed by atoms with van der Waals surface area (Å²) >= 11 is 0. The van der Waals surface area contributed by atoms with Crippen LogP contribution in [0.5, 0.6) is 0 Å². The first-order valence-electron chi connectivity index (χ1n) is 3.85. The van der Waals surface area contributed by atoms with E-state index in [1.54, 1.807) is 0 Å². The molecule has 5 heteroatoms. The monoisotopic (exact) mass is 202 g/mol. The number of nitrogens with zero attached hydrogens (tertiary/aromatic N) is 1. The van der Waals surface area contributed by atoms with Crippen molar-refractivity contribution >= 4 is 5.84 Å². The van der Waals surface area contributed by atoms with Crippen LogP contribution in [-0.2, 0) is 0 Å². The molecule has 1 aromatic rings. The Kier molecular flexibility index (Phi) is 2.78. The molecule has 0 saturated heterocycles. The lowest BCUT2D eigenvalue weighted by Crippen LogP contribution is -2.24. The molecule has 0 aromatic heterocycles. The first-order valence-corrected chi connectivity index (χ1v) is 3.85. The SMILES string of the molecule is CN(C)C(=N)c1c(F)ccc(F)c1F. The average Bonchev–Trinajstić information content (AvgIpc) is 2.12. The zero-order valence-electron chi connectivity index (χ0n) is 7.74. The summed E-state index contributed by atoms with van der Waals surface area (Å²) < 4.78 is 38.9. The highest BCUT2D eigenvalue weighted by atomic mass is 19.2. The van der Waals surface area contributed by atoms with Crippen LogP contribution in [0.15, 0.2) is 12.1 Å². The van der Waals surface area contributed by atoms with Crippen molar-refractivity contribution in [1.82, 2.24) is 4.90 Å². The van der Waals surface area contributed by atoms with E-state index < -0.39 is 28.9 Å². The largest absolute Gasteiger partial charge is 0.363 e. The predicted molar refractivity (Wildman–Crippen MR) is 46.8 cm³/mol. The Labute approximate surface area is 79.5 Å². The molecule has 2 nitrogen and oxygen atoms in total. The number of amidine groups is 1. The van der Waals surface area contributed by atoms with E-state index in [4.69, 9.17) is 5.41 Å². The van der Waals surface area contributed by atoms with Gasteiger partial charge in [0.15, 0.2) is 11.6 Å². The molecule has 0 radical (unpaired) electrons. The van der Waals surface area contributed by atoms with Crippen LogP contribution in [0.1, 0.15) is 5.56 Å². The van der Waals surface area contributed by atoms with Gasteiger partial charge in [-0.3, -0.25) is 5.41 Å². The highest BCUT2D eigenvalue weighted by Gasteiger charge is 2.18. The van der Waals surface area contributed by atoms with E-state index in [2.05, 4.69) is 0 Å². The van der Waals surface area contributed by atoms with E-state index in [0.29, 0.717) is 6.07 Å². The molecule has 0 amide bonds. The lowest BCUT2D eigenvalue weighted by atomic mass is 10.1. The van der Waals surface area contributed by atoms with Crippen molar-refractivity contribution in [3.05, 3.63) is 35.1 Å². The summed E-state index contributed by atoms with van der Waals surface area (Å²) in [6, 6.07) is 1.49. The van der Waals surface area contributed by atoms with Crippen LogP contribution in [0.25, 0.3) is 0 Å². The standard InChI is InChI=1S/C9H9F3N2/c1-14(2)9(13)7-5(10)3-4-6(11)8(7)12/h3-4,13H,1-2H3. The molecule has 14 heavy (non-hydrogen) atoms. The number of rotatable bonds is 1. The molecule has 0 bridgehead atoms. The topological polar surface area (TPSA) is 27.1 Å². The quantitative estimate of drug-likeness (QED) is 0.421. The van der Waals surface area contributed by atoms with Crippen molar-refractivity contribution in [2.45, 2.75) is 0 Å². The van der Waals surface area contributed by atoms with Crippen molar-refractivity contribution in [3.8, 4) is 0 Å². The van der Waals surface area contributed by atoms with Crippen LogP contribution in [-0.4, -0.2) is 24.8 Å². The normalized spacial score (nSPS) is 10.1. The summed E-state index contributed by atoms with van der Waals surface area (Å²) in [5, 5.41) is 7.34. The zero-order chi connectivity index (χ0) is 10.9. The molecule has 0 fully saturated rings. The van der Waals surface area contributed by atoms with Gasteiger partial charge in [0.1, 0.15) is 11.7 Å². The summed E-state index contributed by atoms with van der Waals surface area (Å²) in [7, 11) is 2.90. The molecule has 0 heterocycles. The molecule has 1 rings (SSSR count). The molecule has 0 aliphatic heterocycles. The van der Waals surface area contributed by atoms with Crippen molar-refractivity contribution in [2.24, 2.45) is 0 Å². The Hall–Kier alpha value is -1.52. The molecule has 0 spiro atoms. The maximum atomic E-state index is 13.1. The fraction of sp³-hybridized carbons (Fsp3) is 0.222. The first kappa shape index (κ1) is 10.6. The molecule has 76 valence electrons. The summed E-state index contributed by atoms with van der Waals surface area (Å²) in [4.78, 5) is 1.20. The van der Waals surface area contributed by atoms with Crippen molar-refractivity contribution < 1.29 is 13.2 Å². The van der Waals surface area contributed by atoms with E-state index in [1.807, 2.05) is 0 Å². The molecular formula is C9H9F3N2. The van der Waals surface area contributed by atoms with Gasteiger partial charge in [-0.1, -0.05) is 0 Å². The lowest BCUT2D eigenvalue weighted by molar-refractivity contribution is 0.486. The highest BCUT2D eigenvalue weighted by Crippen LogP contribution is 2.16. The van der Waals surface area contributed by atoms with Gasteiger partial charge in [0.05, 0.1) is 5.56 Å². The van der Waals surface area contributed by atoms with Crippen LogP contribution in [0.3, 0.4) is 0 Å². The maximum absolute atomic E-state index is 13.1. The number of halogens is 3. The fourth-order valence-electron chi connectivity index (χ4n) is 0.968. The van der Waals surface area contributed by atoms with Gasteiger partial charge in [-0.25, -0.2) is 13.2 Å². The van der Waals surface area contributed by atoms with Gasteiger partial charge in [0, 0.05) is 14.1 Å². The molecule has 1 aromatic carbocycles. The molecule has 0 atom stereocenters. The Morgan fingerprint density at radius 3 is 2.14 bits per heavy atom. The van der Waals surface area contributed by atoms with Crippen molar-refractivity contribution in [1.29, 1.82) is 5.41 Å². The van der Waals surface area contributed by atoms with Gasteiger partial charge in [0.2, 0.25) is 0 Å². The molecule has 0 aliphatic rings. The van der Waals surface area contributed by atoms with E-state index >= 15 is 0 Å². The average molecular weight is 202 g/mol. The Morgan fingerprint density at radius 2 is 1.64 bits per heavy atom. The third-order valence-electron chi connectivity index (χ3n) is 1.73. The molecule has 0 unspecified atom stereocenters. The Balaban J connectivity index is 3.33. The second-order valence-electron chi connectivity index (χ2n) is 2.96. The van der Waals surface area contributed by atoms with Gasteiger partial charge >= 0.3 is 0 Å². The third-order valence-corrected chi connectivity index (χ3v) is 1.73. The highest BCUT2D eigenvalue weighted by molar-refractivity contribution is 5.96. The minimum Gasteiger partial charge on any atom is -0.363 e. The van der Waals surface area contributed by atoms with Crippen molar-refractivity contribution in [3.63, 3.8) is 0 Å². The first-order chi connectivity index (χ1) is 6.45. The summed E-state index contributed by atoms with van der Waals surface area (Å²) in [6.45, 7) is 0. The number of hydrogen-bond donors (Lipinski definition) is 1. The zero-order valence-corrected chi connectivity index (χ0v) is 7.74. The Morgan fingerprint density at radius 1 is 1.14 bits per heavy atom. The minimum atomic E-state index is -1.33. The van der Waals surface area contributed by atoms with Gasteiger partial charge in [0.25, 0.3) is 0 Å². The number of hydrogen-bond acceptors (Lipinski definition) is 1. The van der Waals surface area contributed by atoms with Gasteiger partial charge in [-0.05, 0) is 12.1 Å². The maximum Gasteiger partial charge on any atom is 0.172 e. The second kappa shape index (κ2) is 3.69. The van der Waals surface area contributed by atoms with Crippen molar-refractivity contribution in [2.75, 3.05) is 14.1 Å². The van der Waals surface area contributed by atoms with Gasteiger partial charge < -0.3 is 4.90 Å². The van der Waals surface area contributed by atoms with Crippen LogP contribution in [0.4, 0.5) is 13.2 Å². The summed E-state index contributed by atoms with van der Waals surface area (Å²) in [5.41, 5.74) is -0.644. The van der Waals surface area contributed by atoms with Crippen LogP contribution in [0.2, 0.25) is 0 Å². The summed E-state index contributed by atoms with van der Waals surface area (Å²) in [5.74, 6) is -3.83. The third kappa shape index (κ3) is 1.71.